The third kappa shape index (κ3) is 4.62. The number of nitrogens with one attached hydrogen (secondary N) is 2. The van der Waals surface area contributed by atoms with Gasteiger partial charge in [0.2, 0.25) is 0 Å². The number of nitrogens with zero attached hydrogens (tertiary/aromatic N) is 2. The van der Waals surface area contributed by atoms with Crippen molar-refractivity contribution < 1.29 is 14.3 Å². The van der Waals surface area contributed by atoms with Gasteiger partial charge < -0.3 is 14.8 Å². The standard InChI is InChI=1S/C12H20N4O3S/c1-9-8-16(5-6-19-9)4-3-13-11(17)15-12-14-7-10(18-2)20-12/h7,9H,3-6,8H2,1-2H3,(H2,13,14,15,17)/t9-/m0/s1. The van der Waals surface area contributed by atoms with Crippen LogP contribution in [0.5, 0.6) is 5.06 Å². The van der Waals surface area contributed by atoms with E-state index in [2.05, 4.69) is 27.4 Å². The number of amides is 2. The molecule has 20 heavy (non-hydrogen) atoms. The highest BCUT2D eigenvalue weighted by Crippen LogP contribution is 2.24. The van der Waals surface area contributed by atoms with E-state index in [0.29, 0.717) is 16.7 Å². The number of rotatable bonds is 5. The van der Waals surface area contributed by atoms with E-state index in [0.717, 1.165) is 26.2 Å². The quantitative estimate of drug-likeness (QED) is 0.848. The van der Waals surface area contributed by atoms with Crippen molar-refractivity contribution in [2.24, 2.45) is 0 Å². The number of anilines is 1. The zero-order valence-electron chi connectivity index (χ0n) is 11.7. The molecule has 8 heteroatoms. The maximum absolute atomic E-state index is 11.7. The van der Waals surface area contributed by atoms with Crippen LogP contribution < -0.4 is 15.4 Å². The van der Waals surface area contributed by atoms with Crippen LogP contribution in [-0.2, 0) is 4.74 Å². The maximum Gasteiger partial charge on any atom is 0.321 e. The Bertz CT molecular complexity index is 440. The van der Waals surface area contributed by atoms with Gasteiger partial charge in [-0.1, -0.05) is 11.3 Å². The Balaban J connectivity index is 1.64. The molecule has 2 N–H and O–H groups in total. The third-order valence-electron chi connectivity index (χ3n) is 2.94. The van der Waals surface area contributed by atoms with Crippen molar-refractivity contribution in [2.75, 3.05) is 45.2 Å². The summed E-state index contributed by atoms with van der Waals surface area (Å²) in [5.74, 6) is 0. The number of ether oxygens (including phenoxy) is 2. The number of thiazole rings is 1. The summed E-state index contributed by atoms with van der Waals surface area (Å²) in [6, 6.07) is -0.247. The molecular weight excluding hydrogens is 280 g/mol. The van der Waals surface area contributed by atoms with Gasteiger partial charge in [0.05, 0.1) is 26.0 Å². The maximum atomic E-state index is 11.7. The molecule has 0 bridgehead atoms. The number of carbonyl (C=O) groups excluding carboxylic acids is 1. The van der Waals surface area contributed by atoms with Crippen molar-refractivity contribution in [3.8, 4) is 5.06 Å². The van der Waals surface area contributed by atoms with Gasteiger partial charge in [-0.15, -0.1) is 0 Å². The van der Waals surface area contributed by atoms with Gasteiger partial charge >= 0.3 is 6.03 Å². The van der Waals surface area contributed by atoms with Crippen LogP contribution >= 0.6 is 11.3 Å². The molecule has 7 nitrogen and oxygen atoms in total. The fourth-order valence-electron chi connectivity index (χ4n) is 1.97. The molecule has 2 heterocycles. The number of morpholine rings is 1. The zero-order valence-corrected chi connectivity index (χ0v) is 12.5. The average Bonchev–Trinajstić information content (AvgIpc) is 2.86. The molecule has 2 amide bonds. The molecular formula is C12H20N4O3S. The minimum absolute atomic E-state index is 0.247. The molecule has 1 fully saturated rings. The molecule has 0 unspecified atom stereocenters. The number of urea groups is 1. The largest absolute Gasteiger partial charge is 0.486 e. The Morgan fingerprint density at radius 3 is 3.25 bits per heavy atom. The summed E-state index contributed by atoms with van der Waals surface area (Å²) in [4.78, 5) is 18.0. The van der Waals surface area contributed by atoms with E-state index in [1.54, 1.807) is 13.3 Å². The summed E-state index contributed by atoms with van der Waals surface area (Å²) in [7, 11) is 1.57. The molecule has 0 radical (unpaired) electrons. The lowest BCUT2D eigenvalue weighted by molar-refractivity contribution is -0.0174. The van der Waals surface area contributed by atoms with E-state index in [4.69, 9.17) is 9.47 Å². The van der Waals surface area contributed by atoms with Crippen LogP contribution in [0.25, 0.3) is 0 Å². The van der Waals surface area contributed by atoms with Crippen LogP contribution in [0.3, 0.4) is 0 Å². The van der Waals surface area contributed by atoms with Crippen molar-refractivity contribution in [1.82, 2.24) is 15.2 Å². The van der Waals surface area contributed by atoms with Crippen LogP contribution in [0.15, 0.2) is 6.20 Å². The van der Waals surface area contributed by atoms with Crippen molar-refractivity contribution in [1.29, 1.82) is 0 Å². The molecule has 1 saturated heterocycles. The second-order valence-electron chi connectivity index (χ2n) is 4.55. The molecule has 0 aromatic carbocycles. The summed E-state index contributed by atoms with van der Waals surface area (Å²) in [6.07, 6.45) is 1.84. The Kier molecular flexibility index (Phi) is 5.57. The van der Waals surface area contributed by atoms with Crippen LogP contribution in [0.1, 0.15) is 6.92 Å². The van der Waals surface area contributed by atoms with Gasteiger partial charge in [-0.25, -0.2) is 9.78 Å². The summed E-state index contributed by atoms with van der Waals surface area (Å²) < 4.78 is 10.5. The molecule has 1 aliphatic heterocycles. The van der Waals surface area contributed by atoms with Gasteiger partial charge in [-0.2, -0.15) is 0 Å². The molecule has 1 aromatic rings. The van der Waals surface area contributed by atoms with Crippen LogP contribution in [0.4, 0.5) is 9.93 Å². The first-order valence-electron chi connectivity index (χ1n) is 6.56. The highest BCUT2D eigenvalue weighted by Gasteiger charge is 2.16. The van der Waals surface area contributed by atoms with Crippen LogP contribution in [-0.4, -0.2) is 61.9 Å². The molecule has 112 valence electrons. The number of carbonyl (C=O) groups is 1. The third-order valence-corrected chi connectivity index (χ3v) is 3.82. The minimum Gasteiger partial charge on any atom is -0.486 e. The second-order valence-corrected chi connectivity index (χ2v) is 5.54. The Hall–Kier alpha value is -1.38. The van der Waals surface area contributed by atoms with E-state index >= 15 is 0 Å². The zero-order chi connectivity index (χ0) is 14.4. The summed E-state index contributed by atoms with van der Waals surface area (Å²) >= 11 is 1.29. The van der Waals surface area contributed by atoms with Crippen LogP contribution in [0.2, 0.25) is 0 Å². The summed E-state index contributed by atoms with van der Waals surface area (Å²) in [6.45, 7) is 6.06. The molecule has 1 aromatic heterocycles. The monoisotopic (exact) mass is 300 g/mol. The molecule has 1 aliphatic rings. The lowest BCUT2D eigenvalue weighted by Gasteiger charge is -2.30. The van der Waals surface area contributed by atoms with E-state index in [9.17, 15) is 4.79 Å². The van der Waals surface area contributed by atoms with E-state index in [-0.39, 0.29) is 12.1 Å². The van der Waals surface area contributed by atoms with Gasteiger partial charge in [0.1, 0.15) is 0 Å². The molecule has 2 rings (SSSR count). The lowest BCUT2D eigenvalue weighted by Crippen LogP contribution is -2.45. The average molecular weight is 300 g/mol. The number of methoxy groups -OCH3 is 1. The van der Waals surface area contributed by atoms with Crippen LogP contribution in [0, 0.1) is 0 Å². The van der Waals surface area contributed by atoms with E-state index in [1.807, 2.05) is 0 Å². The van der Waals surface area contributed by atoms with E-state index in [1.165, 1.54) is 11.3 Å². The van der Waals surface area contributed by atoms with Gasteiger partial charge in [0, 0.05) is 26.2 Å². The topological polar surface area (TPSA) is 75.7 Å². The number of hydrogen-bond donors (Lipinski definition) is 2. The highest BCUT2D eigenvalue weighted by atomic mass is 32.1. The fraction of sp³-hybridized carbons (Fsp3) is 0.667. The van der Waals surface area contributed by atoms with Crippen molar-refractivity contribution in [3.63, 3.8) is 0 Å². The van der Waals surface area contributed by atoms with Gasteiger partial charge in [-0.3, -0.25) is 10.2 Å². The normalized spacial score (nSPS) is 19.6. The highest BCUT2D eigenvalue weighted by molar-refractivity contribution is 7.17. The van der Waals surface area contributed by atoms with Gasteiger partial charge in [-0.05, 0) is 6.92 Å². The van der Waals surface area contributed by atoms with Gasteiger partial charge in [0.25, 0.3) is 0 Å². The number of aromatic nitrogens is 1. The van der Waals surface area contributed by atoms with Gasteiger partial charge in [0.15, 0.2) is 10.2 Å². The fourth-order valence-corrected chi connectivity index (χ4v) is 2.60. The molecule has 0 aliphatic carbocycles. The first-order valence-corrected chi connectivity index (χ1v) is 7.37. The van der Waals surface area contributed by atoms with E-state index < -0.39 is 0 Å². The minimum atomic E-state index is -0.247. The van der Waals surface area contributed by atoms with Crippen molar-refractivity contribution in [3.05, 3.63) is 6.20 Å². The summed E-state index contributed by atoms with van der Waals surface area (Å²) in [5, 5.41) is 6.69. The smallest absolute Gasteiger partial charge is 0.321 e. The first kappa shape index (κ1) is 15.0. The lowest BCUT2D eigenvalue weighted by atomic mass is 10.3. The SMILES string of the molecule is COc1cnc(NC(=O)NCCN2CCO[C@@H](C)C2)s1. The Labute approximate surface area is 122 Å². The predicted molar refractivity (Wildman–Crippen MR) is 77.5 cm³/mol. The Morgan fingerprint density at radius 2 is 2.55 bits per heavy atom. The Morgan fingerprint density at radius 1 is 1.70 bits per heavy atom. The van der Waals surface area contributed by atoms with Crippen molar-refractivity contribution in [2.45, 2.75) is 13.0 Å². The molecule has 0 spiro atoms. The second kappa shape index (κ2) is 7.41. The van der Waals surface area contributed by atoms with Crippen molar-refractivity contribution >= 4 is 22.5 Å². The predicted octanol–water partition coefficient (Wildman–Crippen LogP) is 0.994. The molecule has 0 saturated carbocycles. The first-order chi connectivity index (χ1) is 9.67. The number of hydrogen-bond acceptors (Lipinski definition) is 6. The molecule has 1 atom stereocenters. The summed E-state index contributed by atoms with van der Waals surface area (Å²) in [5.41, 5.74) is 0.